The lowest BCUT2D eigenvalue weighted by Crippen LogP contribution is -2.21. The Labute approximate surface area is 307 Å². The van der Waals surface area contributed by atoms with Crippen LogP contribution in [0.1, 0.15) is 31.8 Å². The number of amides is 4. The van der Waals surface area contributed by atoms with E-state index in [2.05, 4.69) is 21.3 Å². The first-order chi connectivity index (χ1) is 25.4. The number of aromatic hydroxyl groups is 2. The van der Waals surface area contributed by atoms with Crippen LogP contribution in [-0.2, 0) is 20.2 Å². The Kier molecular flexibility index (Phi) is 9.74. The van der Waals surface area contributed by atoms with Crippen molar-refractivity contribution in [1.82, 2.24) is 0 Å². The van der Waals surface area contributed by atoms with Crippen LogP contribution in [0.3, 0.4) is 0 Å². The van der Waals surface area contributed by atoms with E-state index in [0.717, 1.165) is 24.3 Å². The highest BCUT2D eigenvalue weighted by atomic mass is 32.2. The first kappa shape index (κ1) is 37.2. The Bertz CT molecular complexity index is 2600. The van der Waals surface area contributed by atoms with Gasteiger partial charge >= 0.3 is 6.03 Å². The Morgan fingerprint density at radius 1 is 0.463 bits per heavy atom. The number of hydrogen-bond acceptors (Lipinski definition) is 9. The molecule has 0 saturated heterocycles. The van der Waals surface area contributed by atoms with Crippen molar-refractivity contribution in [3.63, 3.8) is 0 Å². The molecular formula is C37H30N4O11S2. The fraction of sp³-hybridized carbons (Fsp3) is 0.0541. The minimum absolute atomic E-state index is 0.0989. The highest BCUT2D eigenvalue weighted by Crippen LogP contribution is 2.35. The first-order valence-corrected chi connectivity index (χ1v) is 18.7. The monoisotopic (exact) mass is 770 g/mol. The summed E-state index contributed by atoms with van der Waals surface area (Å²) < 4.78 is 65.0. The number of carbonyl (C=O) groups excluding carboxylic acids is 3. The van der Waals surface area contributed by atoms with Crippen molar-refractivity contribution in [2.75, 3.05) is 21.3 Å². The summed E-state index contributed by atoms with van der Waals surface area (Å²) in [5, 5.41) is 32.3. The van der Waals surface area contributed by atoms with Crippen molar-refractivity contribution in [2.45, 2.75) is 23.6 Å². The summed E-state index contributed by atoms with van der Waals surface area (Å²) in [6.45, 7) is 3.37. The van der Waals surface area contributed by atoms with Crippen LogP contribution in [0.5, 0.6) is 11.5 Å². The van der Waals surface area contributed by atoms with Gasteiger partial charge in [0.15, 0.2) is 0 Å². The predicted octanol–water partition coefficient (Wildman–Crippen LogP) is 6.66. The lowest BCUT2D eigenvalue weighted by atomic mass is 10.1. The predicted molar refractivity (Wildman–Crippen MR) is 202 cm³/mol. The summed E-state index contributed by atoms with van der Waals surface area (Å²) in [4.78, 5) is 38.4. The number of phenols is 2. The second kappa shape index (κ2) is 14.1. The summed E-state index contributed by atoms with van der Waals surface area (Å²) in [7, 11) is -9.05. The van der Waals surface area contributed by atoms with Crippen LogP contribution < -0.4 is 21.3 Å². The highest BCUT2D eigenvalue weighted by molar-refractivity contribution is 7.86. The summed E-state index contributed by atoms with van der Waals surface area (Å²) in [5.41, 5.74) is 2.92. The molecule has 4 amide bonds. The Hall–Kier alpha value is -6.53. The van der Waals surface area contributed by atoms with Crippen molar-refractivity contribution in [3.05, 3.63) is 119 Å². The highest BCUT2D eigenvalue weighted by Gasteiger charge is 2.18. The summed E-state index contributed by atoms with van der Waals surface area (Å²) >= 11 is 0. The molecule has 6 aromatic carbocycles. The van der Waals surface area contributed by atoms with E-state index in [1.54, 1.807) is 26.0 Å². The number of benzene rings is 6. The van der Waals surface area contributed by atoms with Gasteiger partial charge in [-0.3, -0.25) is 18.7 Å². The first-order valence-electron chi connectivity index (χ1n) is 15.8. The van der Waals surface area contributed by atoms with E-state index in [-0.39, 0.29) is 44.8 Å². The van der Waals surface area contributed by atoms with Crippen LogP contribution in [0.4, 0.5) is 27.5 Å². The van der Waals surface area contributed by atoms with Crippen LogP contribution >= 0.6 is 0 Å². The molecule has 54 heavy (non-hydrogen) atoms. The molecule has 0 fully saturated rings. The maximum Gasteiger partial charge on any atom is 0.323 e. The summed E-state index contributed by atoms with van der Waals surface area (Å²) in [6.07, 6.45) is 0. The molecule has 15 nitrogen and oxygen atoms in total. The van der Waals surface area contributed by atoms with Gasteiger partial charge in [0.1, 0.15) is 11.5 Å². The van der Waals surface area contributed by atoms with Gasteiger partial charge in [0.25, 0.3) is 32.1 Å². The van der Waals surface area contributed by atoms with Gasteiger partial charge in [-0.1, -0.05) is 12.1 Å². The number of carbonyl (C=O) groups is 3. The average molecular weight is 771 g/mol. The van der Waals surface area contributed by atoms with Crippen molar-refractivity contribution < 1.29 is 50.5 Å². The SMILES string of the molecule is Cc1cc(C(=O)Nc2ccc(O)c3cc(S(=O)(=O)O)ccc23)ccc1NC(=O)Nc1ccc(C(=O)Nc2ccc(O)c3cc(S(=O)(=O)O)ccc23)cc1C. The third kappa shape index (κ3) is 7.79. The molecule has 6 aromatic rings. The Morgan fingerprint density at radius 3 is 1.19 bits per heavy atom. The molecule has 0 aromatic heterocycles. The molecule has 276 valence electrons. The molecule has 8 N–H and O–H groups in total. The molecule has 0 atom stereocenters. The second-order valence-electron chi connectivity index (χ2n) is 12.2. The third-order valence-electron chi connectivity index (χ3n) is 8.50. The van der Waals surface area contributed by atoms with E-state index < -0.39 is 47.9 Å². The smallest absolute Gasteiger partial charge is 0.323 e. The molecule has 0 radical (unpaired) electrons. The molecule has 0 aliphatic heterocycles. The maximum absolute atomic E-state index is 13.2. The number of aryl methyl sites for hydroxylation is 2. The van der Waals surface area contributed by atoms with E-state index in [1.165, 1.54) is 60.7 Å². The number of nitrogens with one attached hydrogen (secondary N) is 4. The van der Waals surface area contributed by atoms with Crippen molar-refractivity contribution in [3.8, 4) is 11.5 Å². The van der Waals surface area contributed by atoms with Gasteiger partial charge in [0.2, 0.25) is 0 Å². The standard InChI is InChI=1S/C37H30N4O11S2/c1-19-15-21(35(44)38-31-11-13-33(42)27-17-23(53(47,48)49)5-7-25(27)31)3-9-29(19)40-37(46)41-30-10-4-22(16-20(30)2)36(45)39-32-12-14-34(43)28-18-24(54(50,51)52)6-8-26(28)32/h3-18,42-43H,1-2H3,(H,38,44)(H,39,45)(H2,40,41,46)(H,47,48,49)(H,50,51,52). The number of anilines is 4. The number of fused-ring (bicyclic) bond motifs is 2. The zero-order valence-electron chi connectivity index (χ0n) is 28.2. The third-order valence-corrected chi connectivity index (χ3v) is 10.2. The van der Waals surface area contributed by atoms with Gasteiger partial charge in [0.05, 0.1) is 9.79 Å². The van der Waals surface area contributed by atoms with E-state index >= 15 is 0 Å². The van der Waals surface area contributed by atoms with Crippen LogP contribution in [-0.4, -0.2) is 54.0 Å². The number of hydrogen-bond donors (Lipinski definition) is 8. The van der Waals surface area contributed by atoms with Gasteiger partial charge in [-0.2, -0.15) is 16.8 Å². The number of phenolic OH excluding ortho intramolecular Hbond substituents is 2. The summed E-state index contributed by atoms with van der Waals surface area (Å²) in [5.74, 6) is -1.55. The van der Waals surface area contributed by atoms with Crippen molar-refractivity contribution in [1.29, 1.82) is 0 Å². The van der Waals surface area contributed by atoms with Gasteiger partial charge in [0, 0.05) is 55.4 Å². The van der Waals surface area contributed by atoms with Gasteiger partial charge in [-0.15, -0.1) is 0 Å². The van der Waals surface area contributed by atoms with Crippen molar-refractivity contribution in [2.24, 2.45) is 0 Å². The summed E-state index contributed by atoms with van der Waals surface area (Å²) in [6, 6.07) is 21.2. The zero-order valence-corrected chi connectivity index (χ0v) is 29.8. The molecular weight excluding hydrogens is 741 g/mol. The molecule has 0 unspecified atom stereocenters. The van der Waals surface area contributed by atoms with Crippen LogP contribution in [0, 0.1) is 13.8 Å². The Balaban J connectivity index is 1.11. The fourth-order valence-corrected chi connectivity index (χ4v) is 6.73. The molecule has 17 heteroatoms. The van der Waals surface area contributed by atoms with Gasteiger partial charge < -0.3 is 31.5 Å². The Morgan fingerprint density at radius 2 is 0.833 bits per heavy atom. The van der Waals surface area contributed by atoms with Gasteiger partial charge in [-0.25, -0.2) is 4.79 Å². The fourth-order valence-electron chi connectivity index (χ4n) is 5.72. The quantitative estimate of drug-likeness (QED) is 0.0600. The van der Waals surface area contributed by atoms with E-state index in [9.17, 15) is 50.5 Å². The van der Waals surface area contributed by atoms with Crippen LogP contribution in [0.2, 0.25) is 0 Å². The molecule has 0 bridgehead atoms. The van der Waals surface area contributed by atoms with E-state index in [4.69, 9.17) is 0 Å². The lowest BCUT2D eigenvalue weighted by Gasteiger charge is -2.14. The molecule has 0 spiro atoms. The topological polar surface area (TPSA) is 249 Å². The second-order valence-corrected chi connectivity index (χ2v) is 15.0. The van der Waals surface area contributed by atoms with E-state index in [0.29, 0.717) is 33.3 Å². The minimum atomic E-state index is -4.52. The zero-order chi connectivity index (χ0) is 39.1. The maximum atomic E-state index is 13.2. The van der Waals surface area contributed by atoms with Crippen molar-refractivity contribution >= 4 is 82.4 Å². The molecule has 0 saturated carbocycles. The molecule has 0 aliphatic carbocycles. The van der Waals surface area contributed by atoms with E-state index in [1.807, 2.05) is 0 Å². The average Bonchev–Trinajstić information content (AvgIpc) is 3.11. The lowest BCUT2D eigenvalue weighted by molar-refractivity contribution is 0.101. The van der Waals surface area contributed by atoms with Crippen LogP contribution in [0.15, 0.2) is 107 Å². The molecule has 0 heterocycles. The van der Waals surface area contributed by atoms with Gasteiger partial charge in [-0.05, 0) is 110 Å². The number of urea groups is 1. The normalized spacial score (nSPS) is 11.6. The molecule has 6 rings (SSSR count). The molecule has 0 aliphatic rings. The number of rotatable bonds is 8. The van der Waals surface area contributed by atoms with Crippen LogP contribution in [0.25, 0.3) is 21.5 Å². The minimum Gasteiger partial charge on any atom is -0.507 e. The largest absolute Gasteiger partial charge is 0.507 e.